The summed E-state index contributed by atoms with van der Waals surface area (Å²) in [5.74, 6) is -0.112. The van der Waals surface area contributed by atoms with Crippen LogP contribution in [0.4, 0.5) is 4.39 Å². The van der Waals surface area contributed by atoms with E-state index in [1.165, 1.54) is 0 Å². The quantitative estimate of drug-likeness (QED) is 0.838. The molecule has 0 saturated carbocycles. The van der Waals surface area contributed by atoms with E-state index in [-0.39, 0.29) is 5.82 Å². The van der Waals surface area contributed by atoms with Crippen LogP contribution in [-0.2, 0) is 6.54 Å². The third kappa shape index (κ3) is 3.77. The molecule has 0 aromatic heterocycles. The molecule has 0 radical (unpaired) electrons. The van der Waals surface area contributed by atoms with E-state index in [1.54, 1.807) is 13.0 Å². The van der Waals surface area contributed by atoms with Gasteiger partial charge in [-0.25, -0.2) is 4.39 Å². The van der Waals surface area contributed by atoms with E-state index in [1.807, 2.05) is 6.07 Å². The van der Waals surface area contributed by atoms with Crippen molar-refractivity contribution in [2.45, 2.75) is 33.4 Å². The minimum Gasteiger partial charge on any atom is -0.298 e. The van der Waals surface area contributed by atoms with Crippen molar-refractivity contribution in [3.05, 3.63) is 33.5 Å². The fraction of sp³-hybridized carbons (Fsp3) is 0.600. The molecule has 1 saturated heterocycles. The van der Waals surface area contributed by atoms with Crippen molar-refractivity contribution >= 4 is 15.9 Å². The molecule has 1 heterocycles. The monoisotopic (exact) mass is 328 g/mol. The molecule has 1 aliphatic rings. The van der Waals surface area contributed by atoms with Gasteiger partial charge in [0.1, 0.15) is 5.82 Å². The second-order valence-electron chi connectivity index (χ2n) is 5.60. The molecule has 1 aromatic carbocycles. The van der Waals surface area contributed by atoms with Crippen LogP contribution in [0.3, 0.4) is 0 Å². The first kappa shape index (κ1) is 14.9. The number of hydrogen-bond acceptors (Lipinski definition) is 2. The van der Waals surface area contributed by atoms with Crippen LogP contribution >= 0.6 is 15.9 Å². The van der Waals surface area contributed by atoms with Crippen LogP contribution < -0.4 is 0 Å². The Labute approximate surface area is 123 Å². The van der Waals surface area contributed by atoms with Gasteiger partial charge in [0.15, 0.2) is 0 Å². The molecule has 19 heavy (non-hydrogen) atoms. The van der Waals surface area contributed by atoms with E-state index in [0.29, 0.717) is 11.6 Å². The molecule has 2 rings (SSSR count). The molecular weight excluding hydrogens is 307 g/mol. The first-order valence-corrected chi connectivity index (χ1v) is 7.67. The molecule has 0 N–H and O–H groups in total. The summed E-state index contributed by atoms with van der Waals surface area (Å²) >= 11 is 3.54. The maximum Gasteiger partial charge on any atom is 0.126 e. The first-order chi connectivity index (χ1) is 8.97. The standard InChI is InChI=1S/C15H22BrFN2/c1-11(2)19-6-4-18(5-7-19)10-13-9-15(17)12(3)8-14(13)16/h8-9,11H,4-7,10H2,1-3H3. The lowest BCUT2D eigenvalue weighted by Gasteiger charge is -2.37. The first-order valence-electron chi connectivity index (χ1n) is 6.88. The summed E-state index contributed by atoms with van der Waals surface area (Å²) in [6.45, 7) is 11.4. The predicted molar refractivity (Wildman–Crippen MR) is 80.8 cm³/mol. The zero-order chi connectivity index (χ0) is 14.0. The molecule has 1 fully saturated rings. The van der Waals surface area contributed by atoms with E-state index < -0.39 is 0 Å². The van der Waals surface area contributed by atoms with Gasteiger partial charge in [-0.1, -0.05) is 15.9 Å². The smallest absolute Gasteiger partial charge is 0.126 e. The van der Waals surface area contributed by atoms with E-state index in [2.05, 4.69) is 39.6 Å². The third-order valence-corrected chi connectivity index (χ3v) is 4.60. The van der Waals surface area contributed by atoms with Gasteiger partial charge in [0.2, 0.25) is 0 Å². The lowest BCUT2D eigenvalue weighted by Crippen LogP contribution is -2.48. The zero-order valence-corrected chi connectivity index (χ0v) is 13.5. The summed E-state index contributed by atoms with van der Waals surface area (Å²) in [7, 11) is 0. The molecule has 2 nitrogen and oxygen atoms in total. The molecule has 1 aromatic rings. The molecule has 0 bridgehead atoms. The number of piperazine rings is 1. The van der Waals surface area contributed by atoms with Gasteiger partial charge < -0.3 is 0 Å². The van der Waals surface area contributed by atoms with Gasteiger partial charge in [0, 0.05) is 43.2 Å². The average molecular weight is 329 g/mol. The Hall–Kier alpha value is -0.450. The van der Waals surface area contributed by atoms with Crippen molar-refractivity contribution in [3.63, 3.8) is 0 Å². The second kappa shape index (κ2) is 6.33. The van der Waals surface area contributed by atoms with Crippen LogP contribution in [0.5, 0.6) is 0 Å². The van der Waals surface area contributed by atoms with Gasteiger partial charge in [-0.3, -0.25) is 9.80 Å². The molecule has 1 aliphatic heterocycles. The van der Waals surface area contributed by atoms with E-state index in [4.69, 9.17) is 0 Å². The van der Waals surface area contributed by atoms with Crippen LogP contribution in [0.1, 0.15) is 25.0 Å². The molecule has 0 spiro atoms. The van der Waals surface area contributed by atoms with E-state index in [9.17, 15) is 4.39 Å². The number of hydrogen-bond donors (Lipinski definition) is 0. The van der Waals surface area contributed by atoms with Gasteiger partial charge in [0.05, 0.1) is 0 Å². The van der Waals surface area contributed by atoms with Gasteiger partial charge in [0.25, 0.3) is 0 Å². The molecule has 0 amide bonds. The van der Waals surface area contributed by atoms with Gasteiger partial charge in [-0.15, -0.1) is 0 Å². The van der Waals surface area contributed by atoms with Crippen molar-refractivity contribution < 1.29 is 4.39 Å². The van der Waals surface area contributed by atoms with Crippen LogP contribution in [0.2, 0.25) is 0 Å². The topological polar surface area (TPSA) is 6.48 Å². The highest BCUT2D eigenvalue weighted by molar-refractivity contribution is 9.10. The molecule has 4 heteroatoms. The van der Waals surface area contributed by atoms with Crippen molar-refractivity contribution in [2.75, 3.05) is 26.2 Å². The molecule has 106 valence electrons. The summed E-state index contributed by atoms with van der Waals surface area (Å²) in [6, 6.07) is 4.15. The summed E-state index contributed by atoms with van der Waals surface area (Å²) in [4.78, 5) is 4.88. The number of rotatable bonds is 3. The minimum absolute atomic E-state index is 0.112. The van der Waals surface area contributed by atoms with Gasteiger partial charge in [-0.05, 0) is 44.0 Å². The highest BCUT2D eigenvalue weighted by Gasteiger charge is 2.19. The zero-order valence-electron chi connectivity index (χ0n) is 11.9. The van der Waals surface area contributed by atoms with Gasteiger partial charge >= 0.3 is 0 Å². The Morgan fingerprint density at radius 3 is 2.42 bits per heavy atom. The Kier molecular flexibility index (Phi) is 4.98. The van der Waals surface area contributed by atoms with Crippen molar-refractivity contribution in [2.24, 2.45) is 0 Å². The van der Waals surface area contributed by atoms with Crippen LogP contribution in [0, 0.1) is 12.7 Å². The Balaban J connectivity index is 1.98. The average Bonchev–Trinajstić information content (AvgIpc) is 2.36. The van der Waals surface area contributed by atoms with Crippen LogP contribution in [0.15, 0.2) is 16.6 Å². The molecule has 0 aliphatic carbocycles. The summed E-state index contributed by atoms with van der Waals surface area (Å²) in [6.07, 6.45) is 0. The lowest BCUT2D eigenvalue weighted by atomic mass is 10.1. The maximum atomic E-state index is 13.6. The summed E-state index contributed by atoms with van der Waals surface area (Å²) in [5.41, 5.74) is 1.74. The summed E-state index contributed by atoms with van der Waals surface area (Å²) in [5, 5.41) is 0. The van der Waals surface area contributed by atoms with Crippen molar-refractivity contribution in [1.29, 1.82) is 0 Å². The Morgan fingerprint density at radius 2 is 1.84 bits per heavy atom. The highest BCUT2D eigenvalue weighted by Crippen LogP contribution is 2.23. The third-order valence-electron chi connectivity index (χ3n) is 3.86. The van der Waals surface area contributed by atoms with Crippen LogP contribution in [0.25, 0.3) is 0 Å². The molecule has 0 unspecified atom stereocenters. The predicted octanol–water partition coefficient (Wildman–Crippen LogP) is 3.42. The van der Waals surface area contributed by atoms with E-state index in [0.717, 1.165) is 42.8 Å². The Bertz CT molecular complexity index is 440. The fourth-order valence-corrected chi connectivity index (χ4v) is 3.07. The van der Waals surface area contributed by atoms with Crippen molar-refractivity contribution in [3.8, 4) is 0 Å². The fourth-order valence-electron chi connectivity index (χ4n) is 2.49. The summed E-state index contributed by atoms with van der Waals surface area (Å²) < 4.78 is 14.6. The molecule has 0 atom stereocenters. The normalized spacial score (nSPS) is 18.2. The largest absolute Gasteiger partial charge is 0.298 e. The Morgan fingerprint density at radius 1 is 1.21 bits per heavy atom. The number of benzene rings is 1. The lowest BCUT2D eigenvalue weighted by molar-refractivity contribution is 0.104. The minimum atomic E-state index is -0.112. The number of aryl methyl sites for hydroxylation is 1. The SMILES string of the molecule is Cc1cc(Br)c(CN2CCN(C(C)C)CC2)cc1F. The second-order valence-corrected chi connectivity index (χ2v) is 6.45. The number of nitrogens with zero attached hydrogens (tertiary/aromatic N) is 2. The highest BCUT2D eigenvalue weighted by atomic mass is 79.9. The molecular formula is C15H22BrFN2. The van der Waals surface area contributed by atoms with Crippen molar-refractivity contribution in [1.82, 2.24) is 9.80 Å². The number of halogens is 2. The van der Waals surface area contributed by atoms with E-state index >= 15 is 0 Å². The van der Waals surface area contributed by atoms with Crippen LogP contribution in [-0.4, -0.2) is 42.0 Å². The maximum absolute atomic E-state index is 13.6. The van der Waals surface area contributed by atoms with Gasteiger partial charge in [-0.2, -0.15) is 0 Å².